The first kappa shape index (κ1) is 15.4. The van der Waals surface area contributed by atoms with Crippen molar-refractivity contribution in [2.24, 2.45) is 0 Å². The predicted octanol–water partition coefficient (Wildman–Crippen LogP) is 3.83. The Bertz CT molecular complexity index is 360. The highest BCUT2D eigenvalue weighted by Gasteiger charge is 2.05. The quantitative estimate of drug-likeness (QED) is 0.533. The van der Waals surface area contributed by atoms with E-state index >= 15 is 0 Å². The molecule has 0 unspecified atom stereocenters. The van der Waals surface area contributed by atoms with Crippen LogP contribution in [0.5, 0.6) is 5.75 Å². The van der Waals surface area contributed by atoms with Crippen LogP contribution in [0.3, 0.4) is 0 Å². The first-order valence-corrected chi connectivity index (χ1v) is 7.36. The van der Waals surface area contributed by atoms with Gasteiger partial charge in [0.25, 0.3) is 0 Å². The normalized spacial score (nSPS) is 10.9. The van der Waals surface area contributed by atoms with Crippen LogP contribution in [0.2, 0.25) is 0 Å². The molecule has 1 aromatic rings. The third-order valence-electron chi connectivity index (χ3n) is 2.84. The average molecular weight is 318 g/mol. The summed E-state index contributed by atoms with van der Waals surface area (Å²) >= 11 is 3.42. The Balaban J connectivity index is 2.39. The van der Waals surface area contributed by atoms with Crippen LogP contribution in [0.15, 0.2) is 18.2 Å². The largest absolute Gasteiger partial charge is 0.494 e. The molecule has 0 aromatic heterocycles. The summed E-state index contributed by atoms with van der Waals surface area (Å²) in [7, 11) is 3.55. The molecular formula is C14H21BrFNO. The lowest BCUT2D eigenvalue weighted by atomic mass is 10.2. The van der Waals surface area contributed by atoms with E-state index in [-0.39, 0.29) is 5.82 Å². The number of unbranched alkanes of at least 4 members (excludes halogenated alkanes) is 2. The van der Waals surface area contributed by atoms with E-state index in [2.05, 4.69) is 27.9 Å². The van der Waals surface area contributed by atoms with Gasteiger partial charge in [-0.15, -0.1) is 0 Å². The minimum atomic E-state index is -0.289. The lowest BCUT2D eigenvalue weighted by molar-refractivity contribution is 0.317. The Morgan fingerprint density at radius 2 is 2.06 bits per heavy atom. The van der Waals surface area contributed by atoms with Gasteiger partial charge in [-0.25, -0.2) is 4.39 Å². The summed E-state index contributed by atoms with van der Waals surface area (Å²) in [5, 5.41) is 1.07. The summed E-state index contributed by atoms with van der Waals surface area (Å²) in [6, 6.07) is 5.15. The molecule has 0 amide bonds. The number of alkyl halides is 1. The van der Waals surface area contributed by atoms with Crippen LogP contribution in [0.4, 0.5) is 4.39 Å². The molecule has 0 aliphatic rings. The third-order valence-corrected chi connectivity index (χ3v) is 3.40. The highest BCUT2D eigenvalue weighted by Crippen LogP contribution is 2.18. The second-order valence-corrected chi connectivity index (χ2v) is 5.25. The van der Waals surface area contributed by atoms with Crippen molar-refractivity contribution < 1.29 is 9.13 Å². The highest BCUT2D eigenvalue weighted by molar-refractivity contribution is 9.09. The number of ether oxygens (including phenoxy) is 1. The SMILES string of the molecule is COc1ccc(CN(C)CCCCCBr)cc1F. The maximum atomic E-state index is 13.5. The molecule has 0 atom stereocenters. The molecule has 0 radical (unpaired) electrons. The molecule has 0 fully saturated rings. The van der Waals surface area contributed by atoms with E-state index in [0.29, 0.717) is 5.75 Å². The molecule has 0 aliphatic carbocycles. The van der Waals surface area contributed by atoms with E-state index in [0.717, 1.165) is 24.0 Å². The molecule has 1 aromatic carbocycles. The maximum Gasteiger partial charge on any atom is 0.165 e. The second kappa shape index (κ2) is 8.48. The Kier molecular flexibility index (Phi) is 7.28. The third kappa shape index (κ3) is 5.36. The van der Waals surface area contributed by atoms with Gasteiger partial charge in [-0.05, 0) is 44.1 Å². The lowest BCUT2D eigenvalue weighted by Gasteiger charge is -2.16. The highest BCUT2D eigenvalue weighted by atomic mass is 79.9. The van der Waals surface area contributed by atoms with E-state index in [1.807, 2.05) is 6.07 Å². The monoisotopic (exact) mass is 317 g/mol. The van der Waals surface area contributed by atoms with Gasteiger partial charge in [-0.3, -0.25) is 0 Å². The molecule has 2 nitrogen and oxygen atoms in total. The van der Waals surface area contributed by atoms with Gasteiger partial charge in [0, 0.05) is 11.9 Å². The molecule has 1 rings (SSSR count). The van der Waals surface area contributed by atoms with Crippen LogP contribution in [-0.2, 0) is 6.54 Å². The molecular weight excluding hydrogens is 297 g/mol. The standard InChI is InChI=1S/C14H21BrFNO/c1-17(9-5-3-4-8-15)11-12-6-7-14(18-2)13(16)10-12/h6-7,10H,3-5,8-9,11H2,1-2H3. The van der Waals surface area contributed by atoms with Crippen LogP contribution in [0, 0.1) is 5.82 Å². The first-order valence-electron chi connectivity index (χ1n) is 6.24. The zero-order valence-electron chi connectivity index (χ0n) is 11.1. The molecule has 0 N–H and O–H groups in total. The van der Waals surface area contributed by atoms with Crippen molar-refractivity contribution in [3.63, 3.8) is 0 Å². The summed E-state index contributed by atoms with van der Waals surface area (Å²) in [5.74, 6) is 0.0152. The minimum Gasteiger partial charge on any atom is -0.494 e. The molecule has 102 valence electrons. The van der Waals surface area contributed by atoms with E-state index in [4.69, 9.17) is 4.74 Å². The zero-order valence-corrected chi connectivity index (χ0v) is 12.7. The smallest absolute Gasteiger partial charge is 0.165 e. The fraction of sp³-hybridized carbons (Fsp3) is 0.571. The Morgan fingerprint density at radius 3 is 2.67 bits per heavy atom. The molecule has 0 saturated heterocycles. The van der Waals surface area contributed by atoms with E-state index < -0.39 is 0 Å². The fourth-order valence-electron chi connectivity index (χ4n) is 1.85. The number of methoxy groups -OCH3 is 1. The number of halogens is 2. The van der Waals surface area contributed by atoms with Gasteiger partial charge in [0.05, 0.1) is 7.11 Å². The fourth-order valence-corrected chi connectivity index (χ4v) is 2.25. The zero-order chi connectivity index (χ0) is 13.4. The number of rotatable bonds is 8. The Morgan fingerprint density at radius 1 is 1.28 bits per heavy atom. The predicted molar refractivity (Wildman–Crippen MR) is 76.9 cm³/mol. The van der Waals surface area contributed by atoms with Crippen LogP contribution in [0.1, 0.15) is 24.8 Å². The van der Waals surface area contributed by atoms with Crippen molar-refractivity contribution in [3.05, 3.63) is 29.6 Å². The van der Waals surface area contributed by atoms with E-state index in [9.17, 15) is 4.39 Å². The van der Waals surface area contributed by atoms with Gasteiger partial charge < -0.3 is 9.64 Å². The van der Waals surface area contributed by atoms with Gasteiger partial charge in [-0.1, -0.05) is 28.4 Å². The summed E-state index contributed by atoms with van der Waals surface area (Å²) in [6.45, 7) is 1.82. The van der Waals surface area contributed by atoms with Gasteiger partial charge in [-0.2, -0.15) is 0 Å². The van der Waals surface area contributed by atoms with Crippen molar-refractivity contribution >= 4 is 15.9 Å². The van der Waals surface area contributed by atoms with Crippen LogP contribution >= 0.6 is 15.9 Å². The number of benzene rings is 1. The molecule has 4 heteroatoms. The van der Waals surface area contributed by atoms with E-state index in [1.165, 1.54) is 26.4 Å². The van der Waals surface area contributed by atoms with Crippen molar-refractivity contribution in [2.75, 3.05) is 26.0 Å². The molecule has 0 aliphatic heterocycles. The van der Waals surface area contributed by atoms with Crippen molar-refractivity contribution in [1.82, 2.24) is 4.90 Å². The second-order valence-electron chi connectivity index (χ2n) is 4.46. The summed E-state index contributed by atoms with van der Waals surface area (Å²) < 4.78 is 18.4. The van der Waals surface area contributed by atoms with Crippen LogP contribution in [-0.4, -0.2) is 30.9 Å². The molecule has 0 heterocycles. The topological polar surface area (TPSA) is 12.5 Å². The van der Waals surface area contributed by atoms with Crippen LogP contribution < -0.4 is 4.74 Å². The minimum absolute atomic E-state index is 0.289. The lowest BCUT2D eigenvalue weighted by Crippen LogP contribution is -2.19. The average Bonchev–Trinajstić information content (AvgIpc) is 2.35. The molecule has 0 saturated carbocycles. The molecule has 0 bridgehead atoms. The van der Waals surface area contributed by atoms with Crippen molar-refractivity contribution in [1.29, 1.82) is 0 Å². The van der Waals surface area contributed by atoms with Gasteiger partial charge in [0.15, 0.2) is 11.6 Å². The van der Waals surface area contributed by atoms with Crippen LogP contribution in [0.25, 0.3) is 0 Å². The summed E-state index contributed by atoms with van der Waals surface area (Å²) in [6.07, 6.45) is 3.62. The van der Waals surface area contributed by atoms with Crippen molar-refractivity contribution in [2.45, 2.75) is 25.8 Å². The first-order chi connectivity index (χ1) is 8.67. The molecule has 0 spiro atoms. The van der Waals surface area contributed by atoms with Crippen molar-refractivity contribution in [3.8, 4) is 5.75 Å². The molecule has 18 heavy (non-hydrogen) atoms. The van der Waals surface area contributed by atoms with Gasteiger partial charge in [0.2, 0.25) is 0 Å². The Hall–Kier alpha value is -0.610. The Labute approximate surface area is 117 Å². The maximum absolute atomic E-state index is 13.5. The number of hydrogen-bond acceptors (Lipinski definition) is 2. The number of hydrogen-bond donors (Lipinski definition) is 0. The summed E-state index contributed by atoms with van der Waals surface area (Å²) in [4.78, 5) is 2.22. The van der Waals surface area contributed by atoms with E-state index in [1.54, 1.807) is 12.1 Å². The number of nitrogens with zero attached hydrogens (tertiary/aromatic N) is 1. The summed E-state index contributed by atoms with van der Waals surface area (Å²) in [5.41, 5.74) is 0.983. The van der Waals surface area contributed by atoms with Gasteiger partial charge in [0.1, 0.15) is 0 Å². The van der Waals surface area contributed by atoms with Gasteiger partial charge >= 0.3 is 0 Å².